The summed E-state index contributed by atoms with van der Waals surface area (Å²) >= 11 is 0. The molecule has 1 rings (SSSR count). The van der Waals surface area contributed by atoms with Crippen molar-refractivity contribution in [3.63, 3.8) is 0 Å². The number of hydrogen-bond donors (Lipinski definition) is 1. The number of halogens is 2. The predicted octanol–water partition coefficient (Wildman–Crippen LogP) is 2.55. The van der Waals surface area contributed by atoms with Gasteiger partial charge in [0.25, 0.3) is 6.43 Å². The lowest BCUT2D eigenvalue weighted by molar-refractivity contribution is 0.0840. The van der Waals surface area contributed by atoms with Gasteiger partial charge in [0.15, 0.2) is 0 Å². The average molecular weight is 177 g/mol. The Morgan fingerprint density at radius 1 is 1.00 bits per heavy atom. The van der Waals surface area contributed by atoms with Crippen LogP contribution < -0.4 is 5.73 Å². The van der Waals surface area contributed by atoms with E-state index >= 15 is 0 Å². The second-order valence-corrected chi connectivity index (χ2v) is 3.66. The van der Waals surface area contributed by atoms with Crippen LogP contribution >= 0.6 is 0 Å². The van der Waals surface area contributed by atoms with E-state index in [-0.39, 0.29) is 5.92 Å². The van der Waals surface area contributed by atoms with Gasteiger partial charge in [0.1, 0.15) is 0 Å². The Labute approximate surface area is 72.3 Å². The first-order valence-electron chi connectivity index (χ1n) is 4.75. The second-order valence-electron chi connectivity index (χ2n) is 3.66. The van der Waals surface area contributed by atoms with Crippen molar-refractivity contribution < 1.29 is 8.78 Å². The maximum Gasteiger partial charge on any atom is 0.253 e. The summed E-state index contributed by atoms with van der Waals surface area (Å²) < 4.78 is 24.4. The molecule has 0 aromatic heterocycles. The SMILES string of the molecule is NC(C(F)F)C1CCCCCC1. The molecule has 1 fully saturated rings. The first-order chi connectivity index (χ1) is 5.72. The Balaban J connectivity index is 2.37. The van der Waals surface area contributed by atoms with Crippen molar-refractivity contribution >= 4 is 0 Å². The fourth-order valence-electron chi connectivity index (χ4n) is 1.90. The summed E-state index contributed by atoms with van der Waals surface area (Å²) in [7, 11) is 0. The Morgan fingerprint density at radius 2 is 1.50 bits per heavy atom. The van der Waals surface area contributed by atoms with Crippen molar-refractivity contribution in [2.45, 2.75) is 51.0 Å². The highest BCUT2D eigenvalue weighted by Crippen LogP contribution is 2.26. The third-order valence-electron chi connectivity index (χ3n) is 2.74. The first kappa shape index (κ1) is 9.90. The topological polar surface area (TPSA) is 26.0 Å². The quantitative estimate of drug-likeness (QED) is 0.644. The minimum absolute atomic E-state index is 0.0625. The smallest absolute Gasteiger partial charge is 0.253 e. The number of nitrogens with two attached hydrogens (primary N) is 1. The van der Waals surface area contributed by atoms with E-state index in [2.05, 4.69) is 0 Å². The van der Waals surface area contributed by atoms with Crippen LogP contribution in [0, 0.1) is 5.92 Å². The normalized spacial score (nSPS) is 24.0. The molecule has 3 heteroatoms. The molecule has 1 unspecified atom stereocenters. The van der Waals surface area contributed by atoms with Crippen molar-refractivity contribution in [2.75, 3.05) is 0 Å². The maximum absolute atomic E-state index is 12.2. The van der Waals surface area contributed by atoms with Gasteiger partial charge in [0, 0.05) is 0 Å². The van der Waals surface area contributed by atoms with Gasteiger partial charge in [-0.3, -0.25) is 0 Å². The molecule has 0 heterocycles. The van der Waals surface area contributed by atoms with E-state index < -0.39 is 12.5 Å². The van der Waals surface area contributed by atoms with E-state index in [1.165, 1.54) is 12.8 Å². The zero-order chi connectivity index (χ0) is 8.97. The molecule has 2 N–H and O–H groups in total. The monoisotopic (exact) mass is 177 g/mol. The molecule has 1 atom stereocenters. The third kappa shape index (κ3) is 2.70. The summed E-state index contributed by atoms with van der Waals surface area (Å²) in [6, 6.07) is -0.886. The highest BCUT2D eigenvalue weighted by Gasteiger charge is 2.26. The second kappa shape index (κ2) is 4.75. The molecule has 12 heavy (non-hydrogen) atoms. The van der Waals surface area contributed by atoms with Gasteiger partial charge in [0.05, 0.1) is 6.04 Å². The molecule has 0 saturated heterocycles. The number of alkyl halides is 2. The van der Waals surface area contributed by atoms with Crippen molar-refractivity contribution in [1.82, 2.24) is 0 Å². The summed E-state index contributed by atoms with van der Waals surface area (Å²) in [5, 5.41) is 0. The average Bonchev–Trinajstić information content (AvgIpc) is 2.30. The highest BCUT2D eigenvalue weighted by molar-refractivity contribution is 4.76. The molecule has 1 aliphatic rings. The van der Waals surface area contributed by atoms with Crippen molar-refractivity contribution in [2.24, 2.45) is 11.7 Å². The molecule has 0 aromatic carbocycles. The van der Waals surface area contributed by atoms with Gasteiger partial charge in [-0.15, -0.1) is 0 Å². The lowest BCUT2D eigenvalue weighted by Gasteiger charge is -2.20. The van der Waals surface area contributed by atoms with Crippen molar-refractivity contribution in [3.05, 3.63) is 0 Å². The maximum atomic E-state index is 12.2. The molecular formula is C9H17F2N. The van der Waals surface area contributed by atoms with E-state index in [0.717, 1.165) is 25.7 Å². The summed E-state index contributed by atoms with van der Waals surface area (Å²) in [5.41, 5.74) is 5.41. The lowest BCUT2D eigenvalue weighted by Crippen LogP contribution is -2.36. The van der Waals surface area contributed by atoms with Crippen LogP contribution in [-0.2, 0) is 0 Å². The highest BCUT2D eigenvalue weighted by atomic mass is 19.3. The lowest BCUT2D eigenvalue weighted by atomic mass is 9.93. The molecule has 0 aliphatic heterocycles. The van der Waals surface area contributed by atoms with Gasteiger partial charge < -0.3 is 5.73 Å². The number of hydrogen-bond acceptors (Lipinski definition) is 1. The predicted molar refractivity (Wildman–Crippen MR) is 45.2 cm³/mol. The van der Waals surface area contributed by atoms with Crippen LogP contribution in [0.3, 0.4) is 0 Å². The van der Waals surface area contributed by atoms with Crippen molar-refractivity contribution in [1.29, 1.82) is 0 Å². The molecule has 1 saturated carbocycles. The van der Waals surface area contributed by atoms with Gasteiger partial charge >= 0.3 is 0 Å². The van der Waals surface area contributed by atoms with Crippen LogP contribution in [0.15, 0.2) is 0 Å². The number of rotatable bonds is 2. The minimum Gasteiger partial charge on any atom is -0.323 e. The zero-order valence-corrected chi connectivity index (χ0v) is 7.31. The van der Waals surface area contributed by atoms with E-state index in [4.69, 9.17) is 5.73 Å². The molecule has 0 bridgehead atoms. The Morgan fingerprint density at radius 3 is 1.92 bits per heavy atom. The van der Waals surface area contributed by atoms with Crippen LogP contribution in [-0.4, -0.2) is 12.5 Å². The molecule has 0 radical (unpaired) electrons. The largest absolute Gasteiger partial charge is 0.323 e. The van der Waals surface area contributed by atoms with Crippen LogP contribution in [0.1, 0.15) is 38.5 Å². The summed E-state index contributed by atoms with van der Waals surface area (Å²) in [6.45, 7) is 0. The molecule has 0 aromatic rings. The van der Waals surface area contributed by atoms with Gasteiger partial charge in [-0.1, -0.05) is 25.7 Å². The molecule has 72 valence electrons. The molecule has 1 nitrogen and oxygen atoms in total. The van der Waals surface area contributed by atoms with E-state index in [1.807, 2.05) is 0 Å². The van der Waals surface area contributed by atoms with E-state index in [9.17, 15) is 8.78 Å². The summed E-state index contributed by atoms with van der Waals surface area (Å²) in [6.07, 6.45) is 3.97. The van der Waals surface area contributed by atoms with Gasteiger partial charge in [-0.2, -0.15) is 0 Å². The van der Waals surface area contributed by atoms with E-state index in [1.54, 1.807) is 0 Å². The molecule has 0 amide bonds. The molecule has 0 spiro atoms. The fourth-order valence-corrected chi connectivity index (χ4v) is 1.90. The van der Waals surface area contributed by atoms with Crippen LogP contribution in [0.5, 0.6) is 0 Å². The Kier molecular flexibility index (Phi) is 3.92. The van der Waals surface area contributed by atoms with Crippen molar-refractivity contribution in [3.8, 4) is 0 Å². The Bertz CT molecular complexity index is 120. The summed E-state index contributed by atoms with van der Waals surface area (Å²) in [5.74, 6) is 0.0625. The molecular weight excluding hydrogens is 160 g/mol. The van der Waals surface area contributed by atoms with Gasteiger partial charge in [-0.05, 0) is 18.8 Å². The summed E-state index contributed by atoms with van der Waals surface area (Å²) in [4.78, 5) is 0. The standard InChI is InChI=1S/C9H17F2N/c10-9(11)8(12)7-5-3-1-2-4-6-7/h7-9H,1-6,12H2. The van der Waals surface area contributed by atoms with Crippen LogP contribution in [0.4, 0.5) is 8.78 Å². The van der Waals surface area contributed by atoms with Gasteiger partial charge in [-0.25, -0.2) is 8.78 Å². The zero-order valence-electron chi connectivity index (χ0n) is 7.31. The first-order valence-corrected chi connectivity index (χ1v) is 4.75. The Hall–Kier alpha value is -0.180. The third-order valence-corrected chi connectivity index (χ3v) is 2.74. The minimum atomic E-state index is -2.34. The fraction of sp³-hybridized carbons (Fsp3) is 1.00. The molecule has 1 aliphatic carbocycles. The van der Waals surface area contributed by atoms with Crippen LogP contribution in [0.25, 0.3) is 0 Å². The van der Waals surface area contributed by atoms with Crippen LogP contribution in [0.2, 0.25) is 0 Å². The van der Waals surface area contributed by atoms with E-state index in [0.29, 0.717) is 0 Å². The van der Waals surface area contributed by atoms with Gasteiger partial charge in [0.2, 0.25) is 0 Å².